The lowest BCUT2D eigenvalue weighted by Crippen LogP contribution is -2.46. The first-order valence-corrected chi connectivity index (χ1v) is 9.02. The maximum atomic E-state index is 14.3. The highest BCUT2D eigenvalue weighted by molar-refractivity contribution is 9.10. The first-order valence-electron chi connectivity index (χ1n) is 8.23. The van der Waals surface area contributed by atoms with Gasteiger partial charge in [0, 0.05) is 19.2 Å². The number of ether oxygens (including phenoxy) is 1. The lowest BCUT2D eigenvalue weighted by molar-refractivity contribution is -0.385. The van der Waals surface area contributed by atoms with Gasteiger partial charge >= 0.3 is 5.97 Å². The first-order chi connectivity index (χ1) is 11.9. The number of piperidine rings is 1. The summed E-state index contributed by atoms with van der Waals surface area (Å²) in [4.78, 5) is 23.8. The second-order valence-electron chi connectivity index (χ2n) is 7.49. The molecule has 0 spiro atoms. The molecular weight excluding hydrogens is 411 g/mol. The van der Waals surface area contributed by atoms with E-state index in [1.54, 1.807) is 25.7 Å². The predicted molar refractivity (Wildman–Crippen MR) is 97.6 cm³/mol. The molecule has 1 aromatic rings. The van der Waals surface area contributed by atoms with Crippen LogP contribution in [0, 0.1) is 15.9 Å². The fourth-order valence-electron chi connectivity index (χ4n) is 2.93. The number of nitro groups is 1. The van der Waals surface area contributed by atoms with Gasteiger partial charge in [0.25, 0.3) is 5.69 Å². The zero-order chi connectivity index (χ0) is 19.7. The van der Waals surface area contributed by atoms with Crippen molar-refractivity contribution in [2.45, 2.75) is 51.2 Å². The van der Waals surface area contributed by atoms with E-state index in [1.165, 1.54) is 6.07 Å². The van der Waals surface area contributed by atoms with E-state index in [2.05, 4.69) is 15.9 Å². The normalized spacial score (nSPS) is 17.1. The number of nitrogens with zero attached hydrogens (tertiary/aromatic N) is 2. The van der Waals surface area contributed by atoms with Crippen molar-refractivity contribution in [1.82, 2.24) is 0 Å². The molecule has 0 radical (unpaired) electrons. The fraction of sp³-hybridized carbons (Fsp3) is 0.588. The largest absolute Gasteiger partial charge is 0.460 e. The number of nitro benzene ring substituents is 1. The van der Waals surface area contributed by atoms with E-state index in [1.807, 2.05) is 0 Å². The minimum absolute atomic E-state index is 0.123. The Bertz CT molecular complexity index is 689. The number of esters is 1. The molecule has 7 nitrogen and oxygen atoms in total. The minimum atomic E-state index is -1.21. The number of benzene rings is 1. The second kappa shape index (κ2) is 7.48. The van der Waals surface area contributed by atoms with Crippen LogP contribution in [0.5, 0.6) is 0 Å². The molecule has 1 aliphatic heterocycles. The molecule has 1 aromatic carbocycles. The number of hydrogen-bond acceptors (Lipinski definition) is 6. The zero-order valence-corrected chi connectivity index (χ0v) is 16.5. The molecule has 0 atom stereocenters. The SMILES string of the molecule is CC(C)(C)OC(=O)CC1(O)CCN(c2c(F)cc([N+](=O)[O-])cc2Br)CC1. The van der Waals surface area contributed by atoms with E-state index >= 15 is 0 Å². The summed E-state index contributed by atoms with van der Waals surface area (Å²) in [6.45, 7) is 5.89. The van der Waals surface area contributed by atoms with Crippen molar-refractivity contribution in [3.05, 3.63) is 32.5 Å². The molecule has 26 heavy (non-hydrogen) atoms. The van der Waals surface area contributed by atoms with Crippen molar-refractivity contribution >= 4 is 33.3 Å². The summed E-state index contributed by atoms with van der Waals surface area (Å²) in [7, 11) is 0. The van der Waals surface area contributed by atoms with Crippen LogP contribution in [0.1, 0.15) is 40.0 Å². The van der Waals surface area contributed by atoms with Gasteiger partial charge in [0.1, 0.15) is 5.60 Å². The number of halogens is 2. The summed E-state index contributed by atoms with van der Waals surface area (Å²) >= 11 is 3.18. The molecule has 0 aromatic heterocycles. The molecule has 9 heteroatoms. The summed E-state index contributed by atoms with van der Waals surface area (Å²) < 4.78 is 19.9. The third kappa shape index (κ3) is 5.14. The molecule has 1 saturated heterocycles. The molecule has 0 unspecified atom stereocenters. The van der Waals surface area contributed by atoms with Crippen molar-refractivity contribution in [3.63, 3.8) is 0 Å². The number of aliphatic hydroxyl groups is 1. The van der Waals surface area contributed by atoms with E-state index in [0.29, 0.717) is 13.1 Å². The number of anilines is 1. The average molecular weight is 433 g/mol. The third-order valence-corrected chi connectivity index (χ3v) is 4.72. The van der Waals surface area contributed by atoms with Gasteiger partial charge in [-0.1, -0.05) is 0 Å². The minimum Gasteiger partial charge on any atom is -0.460 e. The fourth-order valence-corrected chi connectivity index (χ4v) is 3.60. The molecule has 0 aliphatic carbocycles. The molecule has 0 bridgehead atoms. The number of non-ortho nitro benzene ring substituents is 1. The first kappa shape index (κ1) is 20.6. The van der Waals surface area contributed by atoms with Gasteiger partial charge in [-0.15, -0.1) is 0 Å². The van der Waals surface area contributed by atoms with Crippen molar-refractivity contribution in [2.75, 3.05) is 18.0 Å². The van der Waals surface area contributed by atoms with Crippen molar-refractivity contribution < 1.29 is 24.0 Å². The summed E-state index contributed by atoms with van der Waals surface area (Å²) in [6.07, 6.45) is 0.395. The lowest BCUT2D eigenvalue weighted by atomic mass is 9.88. The van der Waals surface area contributed by atoms with Gasteiger partial charge in [-0.05, 0) is 49.5 Å². The maximum absolute atomic E-state index is 14.3. The quantitative estimate of drug-likeness (QED) is 0.444. The predicted octanol–water partition coefficient (Wildman–Crippen LogP) is 3.56. The van der Waals surface area contributed by atoms with Gasteiger partial charge in [0.05, 0.1) is 33.2 Å². The van der Waals surface area contributed by atoms with Gasteiger partial charge < -0.3 is 14.7 Å². The Kier molecular flexibility index (Phi) is 5.92. The van der Waals surface area contributed by atoms with E-state index in [-0.39, 0.29) is 35.1 Å². The van der Waals surface area contributed by atoms with Gasteiger partial charge in [0.2, 0.25) is 0 Å². The number of rotatable bonds is 4. The number of hydrogen-bond donors (Lipinski definition) is 1. The molecule has 1 N–H and O–H groups in total. The molecule has 1 heterocycles. The zero-order valence-electron chi connectivity index (χ0n) is 14.9. The Morgan fingerprint density at radius 1 is 1.42 bits per heavy atom. The van der Waals surface area contributed by atoms with Crippen LogP contribution in [0.2, 0.25) is 0 Å². The summed E-state index contributed by atoms with van der Waals surface area (Å²) in [5.41, 5.74) is -1.95. The van der Waals surface area contributed by atoms with Crippen molar-refractivity contribution in [1.29, 1.82) is 0 Å². The summed E-state index contributed by atoms with van der Waals surface area (Å²) in [5, 5.41) is 21.4. The van der Waals surface area contributed by atoms with E-state index in [0.717, 1.165) is 6.07 Å². The summed E-state index contributed by atoms with van der Waals surface area (Å²) in [5.74, 6) is -1.18. The van der Waals surface area contributed by atoms with Crippen LogP contribution >= 0.6 is 15.9 Å². The van der Waals surface area contributed by atoms with Crippen LogP contribution in [0.4, 0.5) is 15.8 Å². The van der Waals surface area contributed by atoms with Crippen LogP contribution in [0.15, 0.2) is 16.6 Å². The van der Waals surface area contributed by atoms with E-state index < -0.39 is 27.9 Å². The third-order valence-electron chi connectivity index (χ3n) is 4.12. The molecule has 2 rings (SSSR count). The Morgan fingerprint density at radius 3 is 2.46 bits per heavy atom. The highest BCUT2D eigenvalue weighted by atomic mass is 79.9. The van der Waals surface area contributed by atoms with Gasteiger partial charge in [-0.25, -0.2) is 4.39 Å². The molecule has 0 amide bonds. The highest BCUT2D eigenvalue weighted by Crippen LogP contribution is 2.37. The molecule has 1 fully saturated rings. The molecular formula is C17H22BrFN2O5. The Hall–Kier alpha value is -1.74. The van der Waals surface area contributed by atoms with Crippen LogP contribution in [-0.4, -0.2) is 40.3 Å². The van der Waals surface area contributed by atoms with E-state index in [9.17, 15) is 24.4 Å². The molecule has 1 aliphatic rings. The van der Waals surface area contributed by atoms with E-state index in [4.69, 9.17) is 4.74 Å². The van der Waals surface area contributed by atoms with Crippen LogP contribution in [0.3, 0.4) is 0 Å². The van der Waals surface area contributed by atoms with Gasteiger partial charge in [-0.3, -0.25) is 14.9 Å². The maximum Gasteiger partial charge on any atom is 0.309 e. The molecule has 144 valence electrons. The monoisotopic (exact) mass is 432 g/mol. The van der Waals surface area contributed by atoms with Gasteiger partial charge in [0.15, 0.2) is 5.82 Å². The second-order valence-corrected chi connectivity index (χ2v) is 8.34. The highest BCUT2D eigenvalue weighted by Gasteiger charge is 2.37. The van der Waals surface area contributed by atoms with Crippen LogP contribution in [0.25, 0.3) is 0 Å². The van der Waals surface area contributed by atoms with Crippen LogP contribution < -0.4 is 4.90 Å². The smallest absolute Gasteiger partial charge is 0.309 e. The van der Waals surface area contributed by atoms with Crippen molar-refractivity contribution in [2.24, 2.45) is 0 Å². The average Bonchev–Trinajstić information content (AvgIpc) is 2.46. The number of carbonyl (C=O) groups excluding carboxylic acids is 1. The Labute approximate surface area is 159 Å². The Balaban J connectivity index is 2.06. The van der Waals surface area contributed by atoms with Gasteiger partial charge in [-0.2, -0.15) is 0 Å². The topological polar surface area (TPSA) is 92.9 Å². The molecule has 0 saturated carbocycles. The lowest BCUT2D eigenvalue weighted by Gasteiger charge is -2.39. The summed E-state index contributed by atoms with van der Waals surface area (Å²) in [6, 6.07) is 2.13. The standard InChI is InChI=1S/C17H22BrFN2O5/c1-16(2,3)26-14(22)10-17(23)4-6-20(7-5-17)15-12(18)8-11(21(24)25)9-13(15)19/h8-9,23H,4-7,10H2,1-3H3. The number of carbonyl (C=O) groups is 1. The van der Waals surface area contributed by atoms with Crippen LogP contribution in [-0.2, 0) is 9.53 Å². The van der Waals surface area contributed by atoms with Crippen molar-refractivity contribution in [3.8, 4) is 0 Å². The Morgan fingerprint density at radius 2 is 2.00 bits per heavy atom.